The van der Waals surface area contributed by atoms with E-state index in [-0.39, 0.29) is 5.91 Å². The van der Waals surface area contributed by atoms with Gasteiger partial charge in [-0.15, -0.1) is 11.3 Å². The van der Waals surface area contributed by atoms with Crippen molar-refractivity contribution in [2.45, 2.75) is 6.92 Å². The summed E-state index contributed by atoms with van der Waals surface area (Å²) in [4.78, 5) is 17.0. The Hall–Kier alpha value is -3.19. The molecule has 4 aromatic rings. The fraction of sp³-hybridized carbons (Fsp3) is 0.0556. The molecule has 124 valence electrons. The third-order valence-corrected chi connectivity index (χ3v) is 4.45. The van der Waals surface area contributed by atoms with Gasteiger partial charge in [0, 0.05) is 24.0 Å². The van der Waals surface area contributed by atoms with Crippen LogP contribution in [-0.2, 0) is 0 Å². The molecule has 0 spiro atoms. The lowest BCUT2D eigenvalue weighted by Gasteiger charge is -2.10. The van der Waals surface area contributed by atoms with Crippen LogP contribution in [0.4, 0.5) is 5.13 Å². The van der Waals surface area contributed by atoms with Gasteiger partial charge in [0.25, 0.3) is 5.91 Å². The first-order chi connectivity index (χ1) is 12.2. The van der Waals surface area contributed by atoms with Crippen LogP contribution in [0.1, 0.15) is 16.1 Å². The minimum atomic E-state index is -0.224. The van der Waals surface area contributed by atoms with E-state index in [1.807, 2.05) is 71.7 Å². The topological polar surface area (TPSA) is 64.7 Å². The molecule has 0 unspecified atom stereocenters. The molecule has 0 aliphatic heterocycles. The molecule has 0 fully saturated rings. The van der Waals surface area contributed by atoms with Crippen LogP contribution in [0.3, 0.4) is 0 Å². The number of nitrogens with one attached hydrogen (secondary N) is 1. The Morgan fingerprint density at radius 3 is 2.56 bits per heavy atom. The number of benzene rings is 1. The third kappa shape index (κ3) is 2.85. The van der Waals surface area contributed by atoms with Gasteiger partial charge in [-0.05, 0) is 31.2 Å². The van der Waals surface area contributed by atoms with E-state index in [4.69, 9.17) is 0 Å². The Morgan fingerprint density at radius 1 is 1.12 bits per heavy atom. The molecule has 3 heterocycles. The van der Waals surface area contributed by atoms with Crippen molar-refractivity contribution < 1.29 is 4.79 Å². The maximum absolute atomic E-state index is 12.9. The lowest BCUT2D eigenvalue weighted by atomic mass is 10.2. The number of carbonyl (C=O) groups excluding carboxylic acids is 1. The molecule has 0 saturated heterocycles. The average Bonchev–Trinajstić information content (AvgIpc) is 3.35. The molecule has 25 heavy (non-hydrogen) atoms. The van der Waals surface area contributed by atoms with Crippen molar-refractivity contribution in [2.24, 2.45) is 0 Å². The molecule has 0 aliphatic rings. The quantitative estimate of drug-likeness (QED) is 0.611. The highest BCUT2D eigenvalue weighted by atomic mass is 32.1. The Morgan fingerprint density at radius 2 is 1.88 bits per heavy atom. The SMILES string of the molecule is Cc1nn(-c2ccccc2)c(-n2cccc2)c1C(=O)Nc1nccs1. The summed E-state index contributed by atoms with van der Waals surface area (Å²) in [6, 6.07) is 13.6. The maximum Gasteiger partial charge on any atom is 0.263 e. The number of nitrogens with zero attached hydrogens (tertiary/aromatic N) is 4. The number of aromatic nitrogens is 4. The van der Waals surface area contributed by atoms with Gasteiger partial charge >= 0.3 is 0 Å². The van der Waals surface area contributed by atoms with E-state index in [0.29, 0.717) is 22.2 Å². The molecule has 0 aliphatic carbocycles. The molecule has 0 atom stereocenters. The van der Waals surface area contributed by atoms with Gasteiger partial charge in [0.2, 0.25) is 0 Å². The fourth-order valence-electron chi connectivity index (χ4n) is 2.69. The van der Waals surface area contributed by atoms with Crippen molar-refractivity contribution in [3.63, 3.8) is 0 Å². The first kappa shape index (κ1) is 15.3. The zero-order chi connectivity index (χ0) is 17.2. The Labute approximate surface area is 148 Å². The lowest BCUT2D eigenvalue weighted by Crippen LogP contribution is -2.16. The number of hydrogen-bond acceptors (Lipinski definition) is 4. The zero-order valence-electron chi connectivity index (χ0n) is 13.5. The smallest absolute Gasteiger partial charge is 0.263 e. The first-order valence-electron chi connectivity index (χ1n) is 7.73. The molecule has 6 nitrogen and oxygen atoms in total. The highest BCUT2D eigenvalue weighted by Gasteiger charge is 2.24. The van der Waals surface area contributed by atoms with Crippen molar-refractivity contribution in [3.8, 4) is 11.5 Å². The molecule has 3 aromatic heterocycles. The normalized spacial score (nSPS) is 10.8. The Balaban J connectivity index is 1.86. The number of hydrogen-bond donors (Lipinski definition) is 1. The van der Waals surface area contributed by atoms with Crippen molar-refractivity contribution in [2.75, 3.05) is 5.32 Å². The first-order valence-corrected chi connectivity index (χ1v) is 8.61. The summed E-state index contributed by atoms with van der Waals surface area (Å²) < 4.78 is 3.68. The van der Waals surface area contributed by atoms with Crippen LogP contribution in [-0.4, -0.2) is 25.2 Å². The molecular weight excluding hydrogens is 334 g/mol. The highest BCUT2D eigenvalue weighted by Crippen LogP contribution is 2.24. The Kier molecular flexibility index (Phi) is 3.91. The summed E-state index contributed by atoms with van der Waals surface area (Å²) in [5, 5.41) is 9.84. The lowest BCUT2D eigenvalue weighted by molar-refractivity contribution is 0.102. The summed E-state index contributed by atoms with van der Waals surface area (Å²) in [6.45, 7) is 1.84. The van der Waals surface area contributed by atoms with Crippen molar-refractivity contribution in [3.05, 3.63) is 77.7 Å². The molecular formula is C18H15N5OS. The van der Waals surface area contributed by atoms with Crippen LogP contribution in [0, 0.1) is 6.92 Å². The Bertz CT molecular complexity index is 988. The number of carbonyl (C=O) groups is 1. The molecule has 0 radical (unpaired) electrons. The summed E-state index contributed by atoms with van der Waals surface area (Å²) in [6.07, 6.45) is 5.46. The van der Waals surface area contributed by atoms with E-state index in [0.717, 1.165) is 5.69 Å². The van der Waals surface area contributed by atoms with Crippen LogP contribution >= 0.6 is 11.3 Å². The van der Waals surface area contributed by atoms with Gasteiger partial charge < -0.3 is 4.57 Å². The predicted octanol–water partition coefficient (Wildman–Crippen LogP) is 3.68. The summed E-state index contributed by atoms with van der Waals surface area (Å²) >= 11 is 1.38. The third-order valence-electron chi connectivity index (χ3n) is 3.77. The van der Waals surface area contributed by atoms with Crippen molar-refractivity contribution >= 4 is 22.4 Å². The average molecular weight is 349 g/mol. The molecule has 1 N–H and O–H groups in total. The second-order valence-corrected chi connectivity index (χ2v) is 6.31. The van der Waals surface area contributed by atoms with Gasteiger partial charge in [-0.1, -0.05) is 18.2 Å². The van der Waals surface area contributed by atoms with Gasteiger partial charge in [-0.25, -0.2) is 9.67 Å². The molecule has 7 heteroatoms. The number of anilines is 1. The van der Waals surface area contributed by atoms with Crippen molar-refractivity contribution in [1.82, 2.24) is 19.3 Å². The van der Waals surface area contributed by atoms with Gasteiger partial charge in [0.05, 0.1) is 11.4 Å². The predicted molar refractivity (Wildman–Crippen MR) is 97.7 cm³/mol. The van der Waals surface area contributed by atoms with Gasteiger partial charge in [0.15, 0.2) is 10.9 Å². The van der Waals surface area contributed by atoms with Crippen LogP contribution in [0.2, 0.25) is 0 Å². The van der Waals surface area contributed by atoms with E-state index in [1.165, 1.54) is 11.3 Å². The summed E-state index contributed by atoms with van der Waals surface area (Å²) in [5.74, 6) is 0.473. The minimum absolute atomic E-state index is 0.224. The van der Waals surface area contributed by atoms with E-state index in [9.17, 15) is 4.79 Å². The standard InChI is InChI=1S/C18H15N5OS/c1-13-15(16(24)20-18-19-9-12-25-18)17(22-10-5-6-11-22)23(21-13)14-7-3-2-4-8-14/h2-12H,1H3,(H,19,20,24). The van der Waals surface area contributed by atoms with E-state index in [1.54, 1.807) is 10.9 Å². The monoisotopic (exact) mass is 349 g/mol. The minimum Gasteiger partial charge on any atom is -0.308 e. The van der Waals surface area contributed by atoms with Crippen LogP contribution < -0.4 is 5.32 Å². The summed E-state index contributed by atoms with van der Waals surface area (Å²) in [7, 11) is 0. The number of thiazole rings is 1. The largest absolute Gasteiger partial charge is 0.308 e. The number of amides is 1. The molecule has 1 amide bonds. The number of aryl methyl sites for hydroxylation is 1. The zero-order valence-corrected chi connectivity index (χ0v) is 14.3. The second kappa shape index (κ2) is 6.37. The van der Waals surface area contributed by atoms with Crippen LogP contribution in [0.25, 0.3) is 11.5 Å². The van der Waals surface area contributed by atoms with Crippen LogP contribution in [0.5, 0.6) is 0 Å². The molecule has 0 saturated carbocycles. The highest BCUT2D eigenvalue weighted by molar-refractivity contribution is 7.13. The van der Waals surface area contributed by atoms with E-state index < -0.39 is 0 Å². The van der Waals surface area contributed by atoms with Crippen LogP contribution in [0.15, 0.2) is 66.4 Å². The number of rotatable bonds is 4. The molecule has 1 aromatic carbocycles. The van der Waals surface area contributed by atoms with Gasteiger partial charge in [0.1, 0.15) is 5.56 Å². The second-order valence-electron chi connectivity index (χ2n) is 5.41. The molecule has 0 bridgehead atoms. The number of para-hydroxylation sites is 1. The van der Waals surface area contributed by atoms with E-state index >= 15 is 0 Å². The summed E-state index contributed by atoms with van der Waals surface area (Å²) in [5.41, 5.74) is 2.07. The maximum atomic E-state index is 12.9. The van der Waals surface area contributed by atoms with Gasteiger partial charge in [-0.2, -0.15) is 5.10 Å². The fourth-order valence-corrected chi connectivity index (χ4v) is 3.21. The van der Waals surface area contributed by atoms with E-state index in [2.05, 4.69) is 15.4 Å². The van der Waals surface area contributed by atoms with Gasteiger partial charge in [-0.3, -0.25) is 10.1 Å². The molecule has 4 rings (SSSR count). The van der Waals surface area contributed by atoms with Crippen molar-refractivity contribution in [1.29, 1.82) is 0 Å².